The van der Waals surface area contributed by atoms with E-state index >= 15 is 0 Å². The fourth-order valence-electron chi connectivity index (χ4n) is 5.53. The van der Waals surface area contributed by atoms with Crippen LogP contribution in [0.3, 0.4) is 0 Å². The number of anilines is 3. The summed E-state index contributed by atoms with van der Waals surface area (Å²) in [5.41, 5.74) is 5.65. The lowest BCUT2D eigenvalue weighted by Crippen LogP contribution is -2.37. The molecule has 1 saturated heterocycles. The van der Waals surface area contributed by atoms with Crippen LogP contribution >= 0.6 is 11.6 Å². The zero-order chi connectivity index (χ0) is 34.2. The number of hydrogen-bond acceptors (Lipinski definition) is 8. The van der Waals surface area contributed by atoms with Crippen molar-refractivity contribution in [2.24, 2.45) is 7.05 Å². The summed E-state index contributed by atoms with van der Waals surface area (Å²) < 4.78 is 34.1. The molecule has 254 valence electrons. The van der Waals surface area contributed by atoms with E-state index in [0.29, 0.717) is 41.7 Å². The molecular formula is C38H41ClFN6O3+. The van der Waals surface area contributed by atoms with Crippen LogP contribution in [0.2, 0.25) is 5.02 Å². The first kappa shape index (κ1) is 34.1. The van der Waals surface area contributed by atoms with Crippen LogP contribution in [0, 0.1) is 5.82 Å². The molecule has 1 aliphatic rings. The summed E-state index contributed by atoms with van der Waals surface area (Å²) in [6, 6.07) is 20.8. The predicted molar refractivity (Wildman–Crippen MR) is 193 cm³/mol. The van der Waals surface area contributed by atoms with Gasteiger partial charge in [-0.2, -0.15) is 0 Å². The van der Waals surface area contributed by atoms with Crippen LogP contribution in [0.25, 0.3) is 23.1 Å². The number of hydrogen-bond donors (Lipinski definition) is 1. The number of fused-ring (bicyclic) bond motifs is 1. The second kappa shape index (κ2) is 16.1. The second-order valence-electron chi connectivity index (χ2n) is 12.1. The van der Waals surface area contributed by atoms with Crippen LogP contribution in [0.4, 0.5) is 21.6 Å². The Morgan fingerprint density at radius 2 is 1.71 bits per heavy atom. The van der Waals surface area contributed by atoms with Crippen LogP contribution in [-0.4, -0.2) is 68.4 Å². The minimum atomic E-state index is -0.486. The molecule has 0 bridgehead atoms. The van der Waals surface area contributed by atoms with Crippen molar-refractivity contribution in [3.05, 3.63) is 107 Å². The lowest BCUT2D eigenvalue weighted by atomic mass is 10.1. The highest BCUT2D eigenvalue weighted by Crippen LogP contribution is 2.36. The fraction of sp³-hybridized carbons (Fsp3) is 0.289. The van der Waals surface area contributed by atoms with Gasteiger partial charge in [0.05, 0.1) is 30.4 Å². The van der Waals surface area contributed by atoms with E-state index < -0.39 is 5.82 Å². The van der Waals surface area contributed by atoms with Gasteiger partial charge < -0.3 is 24.4 Å². The van der Waals surface area contributed by atoms with Gasteiger partial charge in [0.15, 0.2) is 24.3 Å². The molecule has 0 unspecified atom stereocenters. The molecule has 9 nitrogen and oxygen atoms in total. The van der Waals surface area contributed by atoms with Gasteiger partial charge in [-0.15, -0.1) is 0 Å². The van der Waals surface area contributed by atoms with Crippen LogP contribution in [-0.2, 0) is 18.4 Å². The molecule has 0 atom stereocenters. The quantitative estimate of drug-likeness (QED) is 0.106. The Labute approximate surface area is 291 Å². The maximum absolute atomic E-state index is 13.8. The van der Waals surface area contributed by atoms with Crippen molar-refractivity contribution in [1.82, 2.24) is 14.9 Å². The van der Waals surface area contributed by atoms with Crippen LogP contribution < -0.4 is 24.3 Å². The third-order valence-corrected chi connectivity index (χ3v) is 8.67. The van der Waals surface area contributed by atoms with E-state index in [1.54, 1.807) is 6.07 Å². The van der Waals surface area contributed by atoms with Gasteiger partial charge in [0.2, 0.25) is 5.69 Å². The minimum Gasteiger partial charge on any atom is -0.490 e. The zero-order valence-electron chi connectivity index (χ0n) is 28.0. The number of rotatable bonds is 13. The standard InChI is InChI=1S/C38H41ClFN6O3/c1-44(2)30-11-7-27(8-12-30)5-6-28-9-13-31(45(3)24-28)25-49-37-23-35-32(22-36(37)48-18-4-15-46-16-19-47-20-17-46)38(42-26-41-35)43-29-10-14-34(40)33(39)21-29/h5-14,21-24,26H,4,15-20,25H2,1-3H3,(H,41,42,43)/q+1/b6-5+. The molecule has 5 aromatic rings. The molecule has 1 aliphatic heterocycles. The summed E-state index contributed by atoms with van der Waals surface area (Å²) in [7, 11) is 6.08. The SMILES string of the molecule is CN(C)c1ccc(/C=C/c2ccc(COc3cc4ncnc(Nc5ccc(F)c(Cl)c5)c4cc3OCCCN3CCOCC3)[n+](C)c2)cc1. The number of morpholine rings is 1. The summed E-state index contributed by atoms with van der Waals surface area (Å²) >= 11 is 6.03. The molecule has 0 amide bonds. The van der Waals surface area contributed by atoms with Gasteiger partial charge in [0.1, 0.15) is 25.0 Å². The number of nitrogens with one attached hydrogen (secondary N) is 1. The molecule has 0 spiro atoms. The average molecular weight is 684 g/mol. The first-order chi connectivity index (χ1) is 23.8. The molecule has 3 heterocycles. The van der Waals surface area contributed by atoms with Gasteiger partial charge in [-0.05, 0) is 60.5 Å². The molecule has 2 aromatic heterocycles. The fourth-order valence-corrected chi connectivity index (χ4v) is 5.71. The van der Waals surface area contributed by atoms with Crippen molar-refractivity contribution in [2.75, 3.05) is 63.8 Å². The normalized spacial score (nSPS) is 13.6. The summed E-state index contributed by atoms with van der Waals surface area (Å²) in [5, 5.41) is 4.00. The van der Waals surface area contributed by atoms with Crippen molar-refractivity contribution < 1.29 is 23.2 Å². The average Bonchev–Trinajstić information content (AvgIpc) is 3.11. The Morgan fingerprint density at radius 1 is 0.959 bits per heavy atom. The topological polar surface area (TPSA) is 75.9 Å². The number of pyridine rings is 1. The molecule has 1 N–H and O–H groups in total. The Kier molecular flexibility index (Phi) is 11.2. The zero-order valence-corrected chi connectivity index (χ0v) is 28.8. The third kappa shape index (κ3) is 9.03. The molecule has 0 aliphatic carbocycles. The Hall–Kier alpha value is -4.77. The Balaban J connectivity index is 1.19. The van der Waals surface area contributed by atoms with Crippen LogP contribution in [0.15, 0.2) is 79.3 Å². The molecule has 0 radical (unpaired) electrons. The van der Waals surface area contributed by atoms with Gasteiger partial charge in [-0.3, -0.25) is 4.90 Å². The number of nitrogens with zero attached hydrogens (tertiary/aromatic N) is 5. The molecule has 49 heavy (non-hydrogen) atoms. The van der Waals surface area contributed by atoms with Crippen molar-refractivity contribution in [3.8, 4) is 11.5 Å². The third-order valence-electron chi connectivity index (χ3n) is 8.38. The van der Waals surface area contributed by atoms with Gasteiger partial charge in [-0.25, -0.2) is 18.9 Å². The number of aryl methyl sites for hydroxylation is 1. The number of benzene rings is 3. The lowest BCUT2D eigenvalue weighted by Gasteiger charge is -2.26. The number of aromatic nitrogens is 3. The maximum atomic E-state index is 13.8. The van der Waals surface area contributed by atoms with E-state index in [1.165, 1.54) is 24.1 Å². The summed E-state index contributed by atoms with van der Waals surface area (Å²) in [5.74, 6) is 1.23. The predicted octanol–water partition coefficient (Wildman–Crippen LogP) is 6.91. The summed E-state index contributed by atoms with van der Waals surface area (Å²) in [4.78, 5) is 13.4. The van der Waals surface area contributed by atoms with Crippen molar-refractivity contribution >= 4 is 51.8 Å². The van der Waals surface area contributed by atoms with Gasteiger partial charge in [0.25, 0.3) is 0 Å². The summed E-state index contributed by atoms with van der Waals surface area (Å²) in [6.07, 6.45) is 8.63. The van der Waals surface area contributed by atoms with E-state index in [1.807, 2.05) is 33.3 Å². The van der Waals surface area contributed by atoms with Crippen LogP contribution in [0.5, 0.6) is 11.5 Å². The van der Waals surface area contributed by atoms with Crippen molar-refractivity contribution in [2.45, 2.75) is 13.0 Å². The maximum Gasteiger partial charge on any atom is 0.219 e. The largest absolute Gasteiger partial charge is 0.490 e. The van der Waals surface area contributed by atoms with E-state index in [-0.39, 0.29) is 5.02 Å². The van der Waals surface area contributed by atoms with Gasteiger partial charge in [-0.1, -0.05) is 29.8 Å². The van der Waals surface area contributed by atoms with E-state index in [2.05, 4.69) is 84.4 Å². The lowest BCUT2D eigenvalue weighted by molar-refractivity contribution is -0.680. The monoisotopic (exact) mass is 683 g/mol. The second-order valence-corrected chi connectivity index (χ2v) is 12.5. The van der Waals surface area contributed by atoms with Crippen LogP contribution in [0.1, 0.15) is 23.2 Å². The molecular weight excluding hydrogens is 643 g/mol. The van der Waals surface area contributed by atoms with Crippen molar-refractivity contribution in [1.29, 1.82) is 0 Å². The first-order valence-corrected chi connectivity index (χ1v) is 16.7. The molecule has 1 fully saturated rings. The van der Waals surface area contributed by atoms with Crippen molar-refractivity contribution in [3.63, 3.8) is 0 Å². The molecule has 11 heteroatoms. The molecule has 0 saturated carbocycles. The molecule has 6 rings (SSSR count). The van der Waals surface area contributed by atoms with Gasteiger partial charge >= 0.3 is 0 Å². The number of ether oxygens (including phenoxy) is 3. The molecule has 3 aromatic carbocycles. The summed E-state index contributed by atoms with van der Waals surface area (Å²) in [6.45, 7) is 5.14. The van der Waals surface area contributed by atoms with E-state index in [0.717, 1.165) is 61.5 Å². The minimum absolute atomic E-state index is 0.0236. The smallest absolute Gasteiger partial charge is 0.219 e. The first-order valence-electron chi connectivity index (χ1n) is 16.3. The van der Waals surface area contributed by atoms with E-state index in [9.17, 15) is 4.39 Å². The highest BCUT2D eigenvalue weighted by atomic mass is 35.5. The number of halogens is 2. The highest BCUT2D eigenvalue weighted by Gasteiger charge is 2.16. The highest BCUT2D eigenvalue weighted by molar-refractivity contribution is 6.31. The Bertz CT molecular complexity index is 1910. The Morgan fingerprint density at radius 3 is 2.47 bits per heavy atom. The van der Waals surface area contributed by atoms with Gasteiger partial charge in [0, 0.05) is 68.2 Å². The van der Waals surface area contributed by atoms with E-state index in [4.69, 9.17) is 25.8 Å².